The van der Waals surface area contributed by atoms with Gasteiger partial charge in [-0.25, -0.2) is 9.07 Å². The van der Waals surface area contributed by atoms with E-state index in [1.54, 1.807) is 23.1 Å². The zero-order valence-corrected chi connectivity index (χ0v) is 10.2. The summed E-state index contributed by atoms with van der Waals surface area (Å²) in [6.45, 7) is 3.78. The van der Waals surface area contributed by atoms with Gasteiger partial charge in [-0.05, 0) is 37.6 Å². The summed E-state index contributed by atoms with van der Waals surface area (Å²) in [5.74, 6) is -0.239. The van der Waals surface area contributed by atoms with E-state index in [-0.39, 0.29) is 5.82 Å². The van der Waals surface area contributed by atoms with Gasteiger partial charge in [-0.15, -0.1) is 0 Å². The Morgan fingerprint density at radius 3 is 2.78 bits per heavy atom. The highest BCUT2D eigenvalue weighted by molar-refractivity contribution is 5.83. The van der Waals surface area contributed by atoms with Crippen LogP contribution in [0.3, 0.4) is 0 Å². The van der Waals surface area contributed by atoms with Crippen LogP contribution in [0, 0.1) is 19.7 Å². The van der Waals surface area contributed by atoms with Gasteiger partial charge in [0.1, 0.15) is 5.82 Å². The maximum Gasteiger partial charge on any atom is 0.134 e. The largest absolute Gasteiger partial charge is 0.262 e. The van der Waals surface area contributed by atoms with E-state index in [0.29, 0.717) is 11.1 Å². The second-order valence-electron chi connectivity index (χ2n) is 4.35. The fraction of sp³-hybridized carbons (Fsp3) is 0.143. The molecule has 18 heavy (non-hydrogen) atoms. The van der Waals surface area contributed by atoms with Gasteiger partial charge in [0.15, 0.2) is 0 Å². The molecule has 2 heterocycles. The van der Waals surface area contributed by atoms with E-state index in [1.807, 2.05) is 26.0 Å². The Balaban J connectivity index is 2.34. The second-order valence-corrected chi connectivity index (χ2v) is 4.35. The third-order valence-corrected chi connectivity index (χ3v) is 2.94. The molecular weight excluding hydrogens is 229 g/mol. The summed E-state index contributed by atoms with van der Waals surface area (Å²) in [7, 11) is 0. The molecule has 3 rings (SSSR count). The highest BCUT2D eigenvalue weighted by atomic mass is 19.1. The normalized spacial score (nSPS) is 11.1. The van der Waals surface area contributed by atoms with Crippen molar-refractivity contribution in [2.45, 2.75) is 13.8 Å². The van der Waals surface area contributed by atoms with Gasteiger partial charge in [-0.1, -0.05) is 6.07 Å². The number of benzene rings is 1. The lowest BCUT2D eigenvalue weighted by atomic mass is 10.2. The number of rotatable bonds is 1. The fourth-order valence-corrected chi connectivity index (χ4v) is 2.15. The maximum absolute atomic E-state index is 13.8. The van der Waals surface area contributed by atoms with Gasteiger partial charge in [0.25, 0.3) is 0 Å². The van der Waals surface area contributed by atoms with Crippen LogP contribution in [0.15, 0.2) is 36.7 Å². The molecule has 3 aromatic rings. The number of nitrogens with zero attached hydrogens (tertiary/aromatic N) is 3. The van der Waals surface area contributed by atoms with Gasteiger partial charge in [-0.3, -0.25) is 4.98 Å². The Labute approximate surface area is 104 Å². The summed E-state index contributed by atoms with van der Waals surface area (Å²) in [6, 6.07) is 6.99. The molecule has 90 valence electrons. The van der Waals surface area contributed by atoms with Gasteiger partial charge in [0.05, 0.1) is 28.5 Å². The molecule has 1 aromatic carbocycles. The van der Waals surface area contributed by atoms with Crippen LogP contribution in [0.4, 0.5) is 4.39 Å². The van der Waals surface area contributed by atoms with Crippen LogP contribution in [0.5, 0.6) is 0 Å². The van der Waals surface area contributed by atoms with Gasteiger partial charge >= 0.3 is 0 Å². The molecule has 0 unspecified atom stereocenters. The third kappa shape index (κ3) is 1.57. The lowest BCUT2D eigenvalue weighted by Crippen LogP contribution is -1.97. The van der Waals surface area contributed by atoms with Crippen LogP contribution < -0.4 is 0 Å². The molecule has 0 aliphatic heterocycles. The molecule has 0 atom stereocenters. The summed E-state index contributed by atoms with van der Waals surface area (Å²) in [5.41, 5.74) is 3.34. The molecule has 0 fully saturated rings. The smallest absolute Gasteiger partial charge is 0.134 e. The first-order valence-electron chi connectivity index (χ1n) is 5.72. The van der Waals surface area contributed by atoms with Crippen LogP contribution in [-0.4, -0.2) is 14.8 Å². The topological polar surface area (TPSA) is 30.7 Å². The Morgan fingerprint density at radius 2 is 2.00 bits per heavy atom. The molecule has 3 nitrogen and oxygen atoms in total. The number of aromatic nitrogens is 3. The Kier molecular flexibility index (Phi) is 2.37. The SMILES string of the molecule is Cc1cncc(-n2nc(C)c3c(F)cccc32)c1. The van der Waals surface area contributed by atoms with Gasteiger partial charge in [0, 0.05) is 6.20 Å². The van der Waals surface area contributed by atoms with Crippen molar-refractivity contribution in [1.82, 2.24) is 14.8 Å². The number of hydrogen-bond donors (Lipinski definition) is 0. The average molecular weight is 241 g/mol. The van der Waals surface area contributed by atoms with E-state index in [1.165, 1.54) is 6.07 Å². The van der Waals surface area contributed by atoms with E-state index < -0.39 is 0 Å². The van der Waals surface area contributed by atoms with Crippen molar-refractivity contribution in [3.63, 3.8) is 0 Å². The van der Waals surface area contributed by atoms with Crippen LogP contribution in [0.2, 0.25) is 0 Å². The summed E-state index contributed by atoms with van der Waals surface area (Å²) in [5, 5.41) is 4.97. The third-order valence-electron chi connectivity index (χ3n) is 2.94. The second kappa shape index (κ2) is 3.91. The highest BCUT2D eigenvalue weighted by Crippen LogP contribution is 2.24. The minimum atomic E-state index is -0.239. The summed E-state index contributed by atoms with van der Waals surface area (Å²) >= 11 is 0. The predicted molar refractivity (Wildman–Crippen MR) is 68.3 cm³/mol. The average Bonchev–Trinajstić information content (AvgIpc) is 2.68. The van der Waals surface area contributed by atoms with Crippen molar-refractivity contribution in [1.29, 1.82) is 0 Å². The quantitative estimate of drug-likeness (QED) is 0.655. The molecule has 0 aliphatic rings. The summed E-state index contributed by atoms with van der Waals surface area (Å²) in [4.78, 5) is 4.14. The Bertz CT molecular complexity index is 731. The molecule has 0 N–H and O–H groups in total. The number of aryl methyl sites for hydroxylation is 2. The zero-order chi connectivity index (χ0) is 12.7. The van der Waals surface area contributed by atoms with E-state index in [9.17, 15) is 4.39 Å². The molecule has 0 amide bonds. The van der Waals surface area contributed by atoms with Crippen molar-refractivity contribution < 1.29 is 4.39 Å². The number of pyridine rings is 1. The molecule has 0 saturated heterocycles. The van der Waals surface area contributed by atoms with E-state index in [0.717, 1.165) is 16.8 Å². The lowest BCUT2D eigenvalue weighted by molar-refractivity contribution is 0.639. The zero-order valence-electron chi connectivity index (χ0n) is 10.2. The molecule has 0 spiro atoms. The fourth-order valence-electron chi connectivity index (χ4n) is 2.15. The highest BCUT2D eigenvalue weighted by Gasteiger charge is 2.12. The minimum absolute atomic E-state index is 0.239. The first kappa shape index (κ1) is 10.9. The van der Waals surface area contributed by atoms with Crippen molar-refractivity contribution in [2.24, 2.45) is 0 Å². The van der Waals surface area contributed by atoms with Crippen LogP contribution >= 0.6 is 0 Å². The van der Waals surface area contributed by atoms with Crippen LogP contribution in [-0.2, 0) is 0 Å². The first-order valence-corrected chi connectivity index (χ1v) is 5.72. The number of fused-ring (bicyclic) bond motifs is 1. The molecule has 4 heteroatoms. The van der Waals surface area contributed by atoms with Crippen molar-refractivity contribution in [3.05, 3.63) is 53.7 Å². The molecule has 0 saturated carbocycles. The monoisotopic (exact) mass is 241 g/mol. The Morgan fingerprint density at radius 1 is 1.17 bits per heavy atom. The van der Waals surface area contributed by atoms with Crippen LogP contribution in [0.25, 0.3) is 16.6 Å². The van der Waals surface area contributed by atoms with Gasteiger partial charge in [0.2, 0.25) is 0 Å². The molecule has 0 aliphatic carbocycles. The summed E-state index contributed by atoms with van der Waals surface area (Å²) in [6.07, 6.45) is 3.51. The molecule has 0 bridgehead atoms. The van der Waals surface area contributed by atoms with E-state index in [4.69, 9.17) is 0 Å². The van der Waals surface area contributed by atoms with Gasteiger partial charge in [-0.2, -0.15) is 5.10 Å². The van der Waals surface area contributed by atoms with Crippen molar-refractivity contribution >= 4 is 10.9 Å². The minimum Gasteiger partial charge on any atom is -0.262 e. The predicted octanol–water partition coefficient (Wildman–Crippen LogP) is 3.18. The Hall–Kier alpha value is -2.23. The molecule has 0 radical (unpaired) electrons. The van der Waals surface area contributed by atoms with Crippen molar-refractivity contribution in [2.75, 3.05) is 0 Å². The summed E-state index contributed by atoms with van der Waals surface area (Å²) < 4.78 is 15.5. The van der Waals surface area contributed by atoms with Gasteiger partial charge < -0.3 is 0 Å². The van der Waals surface area contributed by atoms with Crippen molar-refractivity contribution in [3.8, 4) is 5.69 Å². The van der Waals surface area contributed by atoms with E-state index >= 15 is 0 Å². The lowest BCUT2D eigenvalue weighted by Gasteiger charge is -2.03. The standard InChI is InChI=1S/C14H12FN3/c1-9-6-11(8-16-7-9)18-13-5-3-4-12(15)14(13)10(2)17-18/h3-8H,1-2H3. The number of halogens is 1. The first-order chi connectivity index (χ1) is 8.66. The van der Waals surface area contributed by atoms with Crippen LogP contribution in [0.1, 0.15) is 11.3 Å². The molecular formula is C14H12FN3. The molecule has 2 aromatic heterocycles. The maximum atomic E-state index is 13.8. The van der Waals surface area contributed by atoms with E-state index in [2.05, 4.69) is 10.1 Å². The number of hydrogen-bond acceptors (Lipinski definition) is 2.